The molecule has 4 nitrogen and oxygen atoms in total. The lowest BCUT2D eigenvalue weighted by Gasteiger charge is -2.06. The molecule has 1 heterocycles. The van der Waals surface area contributed by atoms with E-state index in [0.29, 0.717) is 0 Å². The minimum Gasteiger partial charge on any atom is -0.308 e. The van der Waals surface area contributed by atoms with Crippen LogP contribution in [0.25, 0.3) is 10.6 Å². The van der Waals surface area contributed by atoms with Gasteiger partial charge in [-0.25, -0.2) is 9.78 Å². The van der Waals surface area contributed by atoms with E-state index < -0.39 is 0 Å². The van der Waals surface area contributed by atoms with Gasteiger partial charge in [0.15, 0.2) is 0 Å². The maximum Gasteiger partial charge on any atom is 0.324 e. The first-order valence-electron chi connectivity index (χ1n) is 8.49. The number of carbonyl (C=O) groups excluding carboxylic acids is 1. The zero-order valence-corrected chi connectivity index (χ0v) is 16.4. The zero-order chi connectivity index (χ0) is 18.4. The highest BCUT2D eigenvalue weighted by atomic mass is 32.2. The summed E-state index contributed by atoms with van der Waals surface area (Å²) in [5.74, 6) is 0.964. The molecule has 2 amide bonds. The number of nitrogens with one attached hydrogen (secondary N) is 2. The second kappa shape index (κ2) is 8.87. The van der Waals surface area contributed by atoms with Crippen molar-refractivity contribution >= 4 is 39.8 Å². The Morgan fingerprint density at radius 1 is 1.08 bits per heavy atom. The number of thiazole rings is 1. The predicted molar refractivity (Wildman–Crippen MR) is 112 cm³/mol. The zero-order valence-electron chi connectivity index (χ0n) is 14.8. The van der Waals surface area contributed by atoms with Gasteiger partial charge in [0.2, 0.25) is 0 Å². The van der Waals surface area contributed by atoms with Gasteiger partial charge in [-0.15, -0.1) is 11.8 Å². The molecule has 0 unspecified atom stereocenters. The maximum absolute atomic E-state index is 12.3. The minimum atomic E-state index is -0.256. The molecule has 0 aliphatic carbocycles. The number of thioether (sulfide) groups is 1. The molecule has 2 aromatic carbocycles. The third-order valence-corrected chi connectivity index (χ3v) is 5.93. The number of aromatic nitrogens is 1. The van der Waals surface area contributed by atoms with Crippen LogP contribution in [0.15, 0.2) is 59.6 Å². The van der Waals surface area contributed by atoms with Crippen molar-refractivity contribution in [1.82, 2.24) is 4.98 Å². The Bertz CT molecular complexity index is 861. The first kappa shape index (κ1) is 18.5. The van der Waals surface area contributed by atoms with Crippen LogP contribution in [0.2, 0.25) is 0 Å². The number of para-hydroxylation sites is 1. The topological polar surface area (TPSA) is 54.0 Å². The van der Waals surface area contributed by atoms with Crippen molar-refractivity contribution in [3.63, 3.8) is 0 Å². The molecule has 0 aliphatic heterocycles. The number of urea groups is 1. The lowest BCUT2D eigenvalue weighted by molar-refractivity contribution is 0.262. The molecule has 0 fully saturated rings. The average molecular weight is 384 g/mol. The number of benzene rings is 2. The van der Waals surface area contributed by atoms with Crippen molar-refractivity contribution in [2.24, 2.45) is 0 Å². The Kier molecular flexibility index (Phi) is 6.30. The lowest BCUT2D eigenvalue weighted by atomic mass is 10.2. The van der Waals surface area contributed by atoms with Crippen LogP contribution in [0.3, 0.4) is 0 Å². The third-order valence-electron chi connectivity index (χ3n) is 3.60. The molecule has 134 valence electrons. The first-order valence-corrected chi connectivity index (χ1v) is 10.3. The van der Waals surface area contributed by atoms with E-state index in [1.165, 1.54) is 16.9 Å². The Morgan fingerprint density at radius 2 is 1.81 bits per heavy atom. The molecular formula is C20H21N3OS2. The maximum atomic E-state index is 12.3. The number of hydrogen-bond donors (Lipinski definition) is 2. The van der Waals surface area contributed by atoms with Gasteiger partial charge in [-0.05, 0) is 31.2 Å². The summed E-state index contributed by atoms with van der Waals surface area (Å²) in [6.07, 6.45) is 1.05. The van der Waals surface area contributed by atoms with Gasteiger partial charge in [0.1, 0.15) is 15.0 Å². The highest BCUT2D eigenvalue weighted by Crippen LogP contribution is 2.37. The molecule has 3 rings (SSSR count). The van der Waals surface area contributed by atoms with Crippen LogP contribution in [0.4, 0.5) is 15.5 Å². The molecule has 2 N–H and O–H groups in total. The van der Waals surface area contributed by atoms with E-state index in [-0.39, 0.29) is 6.03 Å². The summed E-state index contributed by atoms with van der Waals surface area (Å²) in [5.41, 5.74) is 3.04. The normalized spacial score (nSPS) is 10.5. The van der Waals surface area contributed by atoms with E-state index in [2.05, 4.69) is 48.7 Å². The molecule has 3 aromatic rings. The fourth-order valence-corrected chi connectivity index (χ4v) is 4.24. The number of hydrogen-bond acceptors (Lipinski definition) is 4. The van der Waals surface area contributed by atoms with Crippen molar-refractivity contribution in [1.29, 1.82) is 0 Å². The van der Waals surface area contributed by atoms with Crippen LogP contribution >= 0.6 is 23.1 Å². The Labute approximate surface area is 162 Å². The van der Waals surface area contributed by atoms with Crippen LogP contribution in [0.5, 0.6) is 0 Å². The third kappa shape index (κ3) is 4.86. The van der Waals surface area contributed by atoms with Crippen LogP contribution in [-0.2, 0) is 0 Å². The van der Waals surface area contributed by atoms with Gasteiger partial charge in [0, 0.05) is 11.3 Å². The van der Waals surface area contributed by atoms with Gasteiger partial charge in [-0.2, -0.15) is 0 Å². The van der Waals surface area contributed by atoms with Crippen molar-refractivity contribution in [3.8, 4) is 10.6 Å². The highest BCUT2D eigenvalue weighted by Gasteiger charge is 2.15. The van der Waals surface area contributed by atoms with Crippen molar-refractivity contribution in [3.05, 3.63) is 60.2 Å². The molecule has 0 bridgehead atoms. The number of aryl methyl sites for hydroxylation is 1. The second-order valence-electron chi connectivity index (χ2n) is 5.81. The molecule has 26 heavy (non-hydrogen) atoms. The van der Waals surface area contributed by atoms with Gasteiger partial charge in [0.25, 0.3) is 0 Å². The van der Waals surface area contributed by atoms with Crippen LogP contribution in [0.1, 0.15) is 18.9 Å². The molecule has 0 saturated carbocycles. The van der Waals surface area contributed by atoms with Crippen molar-refractivity contribution in [2.75, 3.05) is 16.4 Å². The summed E-state index contributed by atoms with van der Waals surface area (Å²) in [6.45, 7) is 4.20. The number of amides is 2. The van der Waals surface area contributed by atoms with E-state index in [0.717, 1.165) is 38.5 Å². The average Bonchev–Trinajstić information content (AvgIpc) is 3.04. The standard InChI is InChI=1S/C20H21N3OS2/c1-3-13-25-18-19(23-20(24)21-16-7-5-4-6-8-16)26-17(22-18)15-11-9-14(2)10-12-15/h4-12H,3,13H2,1-2H3,(H2,21,23,24). The van der Waals surface area contributed by atoms with Crippen molar-refractivity contribution < 1.29 is 4.79 Å². The monoisotopic (exact) mass is 383 g/mol. The molecule has 1 aromatic heterocycles. The molecule has 0 radical (unpaired) electrons. The number of carbonyl (C=O) groups is 1. The molecular weight excluding hydrogens is 362 g/mol. The fraction of sp³-hybridized carbons (Fsp3) is 0.200. The molecule has 6 heteroatoms. The largest absolute Gasteiger partial charge is 0.324 e. The van der Waals surface area contributed by atoms with E-state index >= 15 is 0 Å². The van der Waals surface area contributed by atoms with E-state index in [1.54, 1.807) is 11.8 Å². The first-order chi connectivity index (χ1) is 12.7. The molecule has 0 spiro atoms. The lowest BCUT2D eigenvalue weighted by Crippen LogP contribution is -2.19. The summed E-state index contributed by atoms with van der Waals surface area (Å²) < 4.78 is 0. The summed E-state index contributed by atoms with van der Waals surface area (Å²) in [4.78, 5) is 17.1. The number of anilines is 2. The Morgan fingerprint density at radius 3 is 2.50 bits per heavy atom. The number of nitrogens with zero attached hydrogens (tertiary/aromatic N) is 1. The van der Waals surface area contributed by atoms with Gasteiger partial charge in [0.05, 0.1) is 0 Å². The van der Waals surface area contributed by atoms with Crippen LogP contribution in [-0.4, -0.2) is 16.8 Å². The summed E-state index contributed by atoms with van der Waals surface area (Å²) in [7, 11) is 0. The summed E-state index contributed by atoms with van der Waals surface area (Å²) >= 11 is 3.17. The van der Waals surface area contributed by atoms with E-state index in [1.807, 2.05) is 30.3 Å². The Hall–Kier alpha value is -2.31. The van der Waals surface area contributed by atoms with E-state index in [9.17, 15) is 4.79 Å². The molecule has 0 aliphatic rings. The van der Waals surface area contributed by atoms with Crippen LogP contribution < -0.4 is 10.6 Å². The summed E-state index contributed by atoms with van der Waals surface area (Å²) in [6, 6.07) is 17.4. The van der Waals surface area contributed by atoms with Crippen molar-refractivity contribution in [2.45, 2.75) is 25.3 Å². The van der Waals surface area contributed by atoms with Gasteiger partial charge >= 0.3 is 6.03 Å². The molecule has 0 atom stereocenters. The fourth-order valence-electron chi connectivity index (χ4n) is 2.29. The minimum absolute atomic E-state index is 0.256. The number of rotatable bonds is 6. The SMILES string of the molecule is CCCSc1nc(-c2ccc(C)cc2)sc1NC(=O)Nc1ccccc1. The Balaban J connectivity index is 1.79. The van der Waals surface area contributed by atoms with E-state index in [4.69, 9.17) is 4.98 Å². The highest BCUT2D eigenvalue weighted by molar-refractivity contribution is 7.99. The summed E-state index contributed by atoms with van der Waals surface area (Å²) in [5, 5.41) is 8.38. The smallest absolute Gasteiger partial charge is 0.308 e. The van der Waals surface area contributed by atoms with Crippen LogP contribution in [0, 0.1) is 6.92 Å². The van der Waals surface area contributed by atoms with Gasteiger partial charge < -0.3 is 5.32 Å². The van der Waals surface area contributed by atoms with Gasteiger partial charge in [-0.3, -0.25) is 5.32 Å². The quantitative estimate of drug-likeness (QED) is 0.494. The van der Waals surface area contributed by atoms with Gasteiger partial charge in [-0.1, -0.05) is 66.3 Å². The molecule has 0 saturated heterocycles. The predicted octanol–water partition coefficient (Wildman–Crippen LogP) is 6.26. The second-order valence-corrected chi connectivity index (χ2v) is 7.90.